The first-order valence-electron chi connectivity index (χ1n) is 9.98. The first-order valence-corrected chi connectivity index (χ1v) is 9.98. The molecule has 1 saturated heterocycles. The number of nitrogens with one attached hydrogen (secondary N) is 1. The summed E-state index contributed by atoms with van der Waals surface area (Å²) < 4.78 is 21.1. The van der Waals surface area contributed by atoms with E-state index in [1.54, 1.807) is 6.07 Å². The van der Waals surface area contributed by atoms with Crippen molar-refractivity contribution in [2.75, 3.05) is 33.4 Å². The van der Waals surface area contributed by atoms with E-state index in [2.05, 4.69) is 15.4 Å². The number of hydrogen-bond acceptors (Lipinski definition) is 8. The predicted octanol–water partition coefficient (Wildman–Crippen LogP) is 2.57. The average molecular weight is 411 g/mol. The fourth-order valence-corrected chi connectivity index (χ4v) is 3.24. The first-order chi connectivity index (χ1) is 13.6. The van der Waals surface area contributed by atoms with Crippen molar-refractivity contribution in [3.05, 3.63) is 11.8 Å². The predicted molar refractivity (Wildman–Crippen MR) is 106 cm³/mol. The third kappa shape index (κ3) is 7.23. The molecule has 2 atom stereocenters. The van der Waals surface area contributed by atoms with Crippen LogP contribution < -0.4 is 10.1 Å². The van der Waals surface area contributed by atoms with Gasteiger partial charge in [-0.25, -0.2) is 4.79 Å². The Morgan fingerprint density at radius 1 is 1.38 bits per heavy atom. The molecule has 2 rings (SSSR count). The summed E-state index contributed by atoms with van der Waals surface area (Å²) in [5.41, 5.74) is -0.505. The maximum absolute atomic E-state index is 11.9. The molecule has 1 fully saturated rings. The number of likely N-dealkylation sites (tertiary alicyclic amines) is 1. The molecule has 0 radical (unpaired) electrons. The second kappa shape index (κ2) is 9.96. The SMILES string of the molecule is COC(=O)C(c1cc(OCCN2CC[C@H](NC(=O)OC(C)(C)C)C2)no1)C(C)C. The summed E-state index contributed by atoms with van der Waals surface area (Å²) in [7, 11) is 1.35. The molecule has 0 saturated carbocycles. The van der Waals surface area contributed by atoms with Gasteiger partial charge in [0.05, 0.1) is 7.11 Å². The van der Waals surface area contributed by atoms with E-state index in [1.807, 2.05) is 34.6 Å². The molecular weight excluding hydrogens is 378 g/mol. The van der Waals surface area contributed by atoms with E-state index >= 15 is 0 Å². The number of esters is 1. The minimum atomic E-state index is -0.511. The van der Waals surface area contributed by atoms with E-state index in [9.17, 15) is 9.59 Å². The van der Waals surface area contributed by atoms with Crippen LogP contribution in [0.25, 0.3) is 0 Å². The molecule has 2 heterocycles. The number of methoxy groups -OCH3 is 1. The molecule has 1 N–H and O–H groups in total. The minimum Gasteiger partial charge on any atom is -0.474 e. The van der Waals surface area contributed by atoms with Crippen LogP contribution in [0.2, 0.25) is 0 Å². The highest BCUT2D eigenvalue weighted by atomic mass is 16.6. The fourth-order valence-electron chi connectivity index (χ4n) is 3.24. The van der Waals surface area contributed by atoms with E-state index in [-0.39, 0.29) is 24.0 Å². The molecular formula is C20H33N3O6. The topological polar surface area (TPSA) is 103 Å². The highest BCUT2D eigenvalue weighted by Gasteiger charge is 2.30. The van der Waals surface area contributed by atoms with E-state index in [1.165, 1.54) is 7.11 Å². The number of hydrogen-bond donors (Lipinski definition) is 1. The van der Waals surface area contributed by atoms with Crippen molar-refractivity contribution in [3.63, 3.8) is 0 Å². The van der Waals surface area contributed by atoms with Crippen molar-refractivity contribution in [1.29, 1.82) is 0 Å². The van der Waals surface area contributed by atoms with Crippen molar-refractivity contribution >= 4 is 12.1 Å². The van der Waals surface area contributed by atoms with Crippen molar-refractivity contribution < 1.29 is 28.3 Å². The quantitative estimate of drug-likeness (QED) is 0.651. The van der Waals surface area contributed by atoms with Gasteiger partial charge in [0.15, 0.2) is 5.76 Å². The molecule has 1 aliphatic rings. The zero-order chi connectivity index (χ0) is 21.6. The Hall–Kier alpha value is -2.29. The van der Waals surface area contributed by atoms with E-state index < -0.39 is 11.5 Å². The van der Waals surface area contributed by atoms with E-state index in [0.717, 1.165) is 19.5 Å². The van der Waals surface area contributed by atoms with Crippen molar-refractivity contribution in [1.82, 2.24) is 15.4 Å². The van der Waals surface area contributed by atoms with Crippen LogP contribution in [-0.4, -0.2) is 67.1 Å². The van der Waals surface area contributed by atoms with Gasteiger partial charge in [-0.15, -0.1) is 0 Å². The van der Waals surface area contributed by atoms with Gasteiger partial charge >= 0.3 is 12.1 Å². The summed E-state index contributed by atoms with van der Waals surface area (Å²) in [6.45, 7) is 12.1. The van der Waals surface area contributed by atoms with Crippen molar-refractivity contribution in [2.24, 2.45) is 5.92 Å². The molecule has 164 valence electrons. The van der Waals surface area contributed by atoms with Crippen LogP contribution >= 0.6 is 0 Å². The molecule has 0 bridgehead atoms. The van der Waals surface area contributed by atoms with Gasteiger partial charge in [-0.1, -0.05) is 13.8 Å². The third-order valence-electron chi connectivity index (χ3n) is 4.59. The molecule has 9 nitrogen and oxygen atoms in total. The monoisotopic (exact) mass is 411 g/mol. The molecule has 0 aromatic carbocycles. The molecule has 1 aromatic heterocycles. The smallest absolute Gasteiger partial charge is 0.407 e. The number of ether oxygens (including phenoxy) is 3. The number of alkyl carbamates (subject to hydrolysis) is 1. The van der Waals surface area contributed by atoms with Crippen LogP contribution in [0.4, 0.5) is 4.79 Å². The lowest BCUT2D eigenvalue weighted by Crippen LogP contribution is -2.40. The first kappa shape index (κ1) is 23.0. The number of aromatic nitrogens is 1. The highest BCUT2D eigenvalue weighted by Crippen LogP contribution is 2.28. The molecule has 1 aromatic rings. The zero-order valence-corrected chi connectivity index (χ0v) is 18.2. The molecule has 0 aliphatic carbocycles. The number of amides is 1. The zero-order valence-electron chi connectivity index (χ0n) is 18.2. The lowest BCUT2D eigenvalue weighted by atomic mass is 9.93. The average Bonchev–Trinajstić information content (AvgIpc) is 3.23. The van der Waals surface area contributed by atoms with Gasteiger partial charge in [0, 0.05) is 31.7 Å². The number of carbonyl (C=O) groups is 2. The Morgan fingerprint density at radius 3 is 2.72 bits per heavy atom. The maximum atomic E-state index is 11.9. The Morgan fingerprint density at radius 2 is 2.10 bits per heavy atom. The highest BCUT2D eigenvalue weighted by molar-refractivity contribution is 5.77. The normalized spacial score (nSPS) is 18.5. The fraction of sp³-hybridized carbons (Fsp3) is 0.750. The molecule has 0 spiro atoms. The second-order valence-electron chi connectivity index (χ2n) is 8.59. The number of carbonyl (C=O) groups excluding carboxylic acids is 2. The Labute approximate surface area is 172 Å². The van der Waals surface area contributed by atoms with Gasteiger partial charge in [0.1, 0.15) is 18.1 Å². The molecule has 1 amide bonds. The van der Waals surface area contributed by atoms with Crippen LogP contribution in [0.1, 0.15) is 52.7 Å². The van der Waals surface area contributed by atoms with Crippen molar-refractivity contribution in [3.8, 4) is 5.88 Å². The van der Waals surface area contributed by atoms with Crippen molar-refractivity contribution in [2.45, 2.75) is 58.6 Å². The van der Waals surface area contributed by atoms with Crippen LogP contribution in [0.3, 0.4) is 0 Å². The Bertz CT molecular complexity index is 682. The summed E-state index contributed by atoms with van der Waals surface area (Å²) >= 11 is 0. The molecule has 9 heteroatoms. The van der Waals surface area contributed by atoms with Crippen LogP contribution in [-0.2, 0) is 14.3 Å². The lowest BCUT2D eigenvalue weighted by molar-refractivity contribution is -0.144. The van der Waals surface area contributed by atoms with Gasteiger partial charge < -0.3 is 24.1 Å². The third-order valence-corrected chi connectivity index (χ3v) is 4.59. The summed E-state index contributed by atoms with van der Waals surface area (Å²) in [5.74, 6) is -0.0736. The number of nitrogens with zero attached hydrogens (tertiary/aromatic N) is 2. The van der Waals surface area contributed by atoms with Crippen LogP contribution in [0, 0.1) is 5.92 Å². The minimum absolute atomic E-state index is 0.0160. The van der Waals surface area contributed by atoms with Gasteiger partial charge in [-0.2, -0.15) is 0 Å². The molecule has 1 unspecified atom stereocenters. The number of rotatable bonds is 8. The van der Waals surface area contributed by atoms with Gasteiger partial charge in [0.2, 0.25) is 0 Å². The molecule has 29 heavy (non-hydrogen) atoms. The summed E-state index contributed by atoms with van der Waals surface area (Å²) in [4.78, 5) is 26.0. The van der Waals surface area contributed by atoms with Gasteiger partial charge in [0.25, 0.3) is 5.88 Å². The van der Waals surface area contributed by atoms with Crippen LogP contribution in [0.5, 0.6) is 5.88 Å². The molecule has 1 aliphatic heterocycles. The largest absolute Gasteiger partial charge is 0.474 e. The van der Waals surface area contributed by atoms with Gasteiger partial charge in [-0.3, -0.25) is 9.69 Å². The van der Waals surface area contributed by atoms with E-state index in [4.69, 9.17) is 18.7 Å². The summed E-state index contributed by atoms with van der Waals surface area (Å²) in [6.07, 6.45) is 0.476. The summed E-state index contributed by atoms with van der Waals surface area (Å²) in [6, 6.07) is 1.70. The Kier molecular flexibility index (Phi) is 7.89. The maximum Gasteiger partial charge on any atom is 0.407 e. The lowest BCUT2D eigenvalue weighted by Gasteiger charge is -2.22. The van der Waals surface area contributed by atoms with Crippen LogP contribution in [0.15, 0.2) is 10.6 Å². The van der Waals surface area contributed by atoms with E-state index in [0.29, 0.717) is 24.8 Å². The standard InChI is InChI=1S/C20H33N3O6/c1-13(2)17(18(24)26-6)15-11-16(22-29-15)27-10-9-23-8-7-14(12-23)21-19(25)28-20(3,4)5/h11,13-14,17H,7-10,12H2,1-6H3,(H,21,25)/t14-,17?/m0/s1. The Balaban J connectivity index is 1.75. The second-order valence-corrected chi connectivity index (χ2v) is 8.59. The van der Waals surface area contributed by atoms with Gasteiger partial charge in [-0.05, 0) is 38.3 Å². The summed E-state index contributed by atoms with van der Waals surface area (Å²) in [5, 5.41) is 6.79.